The molecule has 2 atom stereocenters. The second-order valence-electron chi connectivity index (χ2n) is 4.30. The molecule has 0 amide bonds. The van der Waals surface area contributed by atoms with Crippen molar-refractivity contribution in [2.75, 3.05) is 18.0 Å². The maximum absolute atomic E-state index is 6.01. The van der Waals surface area contributed by atoms with E-state index >= 15 is 0 Å². The molecule has 1 aliphatic carbocycles. The van der Waals surface area contributed by atoms with Gasteiger partial charge in [-0.05, 0) is 18.3 Å². The molecule has 0 aromatic carbocycles. The molecule has 1 aromatic heterocycles. The summed E-state index contributed by atoms with van der Waals surface area (Å²) in [6.07, 6.45) is 6.59. The van der Waals surface area contributed by atoms with Crippen LogP contribution in [0.5, 0.6) is 0 Å². The summed E-state index contributed by atoms with van der Waals surface area (Å²) in [5.41, 5.74) is 6.01. The van der Waals surface area contributed by atoms with E-state index in [0.717, 1.165) is 18.9 Å². The molecule has 2 aliphatic heterocycles. The number of piperidine rings is 2. The van der Waals surface area contributed by atoms with Gasteiger partial charge in [0.05, 0.1) is 6.20 Å². The van der Waals surface area contributed by atoms with Crippen LogP contribution < -0.4 is 10.6 Å². The van der Waals surface area contributed by atoms with Crippen molar-refractivity contribution in [1.29, 1.82) is 0 Å². The lowest BCUT2D eigenvalue weighted by atomic mass is 9.67. The van der Waals surface area contributed by atoms with Gasteiger partial charge in [0, 0.05) is 31.5 Å². The first-order valence-electron chi connectivity index (χ1n) is 5.11. The molecule has 74 valence electrons. The van der Waals surface area contributed by atoms with Crippen molar-refractivity contribution in [2.45, 2.75) is 12.5 Å². The van der Waals surface area contributed by atoms with E-state index < -0.39 is 0 Å². The average Bonchev–Trinajstić information content (AvgIpc) is 2.30. The minimum Gasteiger partial charge on any atom is -0.355 e. The molecule has 4 nitrogen and oxygen atoms in total. The summed E-state index contributed by atoms with van der Waals surface area (Å²) in [5, 5.41) is 0. The lowest BCUT2D eigenvalue weighted by Crippen LogP contribution is -2.62. The average molecular weight is 190 g/mol. The molecule has 2 bridgehead atoms. The first-order chi connectivity index (χ1) is 6.84. The minimum absolute atomic E-state index is 0.433. The maximum Gasteiger partial charge on any atom is 0.147 e. The second-order valence-corrected chi connectivity index (χ2v) is 4.30. The maximum atomic E-state index is 6.01. The highest BCUT2D eigenvalue weighted by molar-refractivity contribution is 5.37. The lowest BCUT2D eigenvalue weighted by Gasteiger charge is -2.52. The molecule has 0 spiro atoms. The molecule has 2 unspecified atom stereocenters. The summed E-state index contributed by atoms with van der Waals surface area (Å²) < 4.78 is 0. The van der Waals surface area contributed by atoms with Gasteiger partial charge in [-0.15, -0.1) is 0 Å². The summed E-state index contributed by atoms with van der Waals surface area (Å²) >= 11 is 0. The van der Waals surface area contributed by atoms with Crippen LogP contribution in [0.2, 0.25) is 0 Å². The summed E-state index contributed by atoms with van der Waals surface area (Å²) in [6.45, 7) is 2.10. The number of nitrogens with zero attached hydrogens (tertiary/aromatic N) is 3. The van der Waals surface area contributed by atoms with Crippen molar-refractivity contribution in [3.63, 3.8) is 0 Å². The molecular formula is C10H14N4. The quantitative estimate of drug-likeness (QED) is 0.690. The van der Waals surface area contributed by atoms with Gasteiger partial charge >= 0.3 is 0 Å². The summed E-state index contributed by atoms with van der Waals surface area (Å²) in [6, 6.07) is 0.433. The van der Waals surface area contributed by atoms with Crippen LogP contribution >= 0.6 is 0 Å². The predicted octanol–water partition coefficient (Wildman–Crippen LogP) is 0.260. The molecule has 2 N–H and O–H groups in total. The third-order valence-electron chi connectivity index (χ3n) is 3.48. The van der Waals surface area contributed by atoms with Gasteiger partial charge in [0.15, 0.2) is 0 Å². The minimum atomic E-state index is 0.433. The molecule has 1 aromatic rings. The number of hydrogen-bond donors (Lipinski definition) is 1. The molecule has 2 saturated heterocycles. The van der Waals surface area contributed by atoms with Crippen LogP contribution in [0.3, 0.4) is 0 Å². The van der Waals surface area contributed by atoms with Crippen LogP contribution in [0, 0.1) is 11.8 Å². The Bertz CT molecular complexity index is 314. The highest BCUT2D eigenvalue weighted by Crippen LogP contribution is 2.39. The first-order valence-corrected chi connectivity index (χ1v) is 5.11. The Labute approximate surface area is 83.1 Å². The standard InChI is InChI=1S/C10H14N4/c11-10-7-3-8(10)6-14(5-7)9-4-12-1-2-13-9/h1-2,4,7-8,10H,3,5-6,11H2. The fourth-order valence-corrected chi connectivity index (χ4v) is 2.57. The Morgan fingerprint density at radius 2 is 2.07 bits per heavy atom. The molecule has 4 heteroatoms. The molecule has 3 aliphatic rings. The predicted molar refractivity (Wildman–Crippen MR) is 53.8 cm³/mol. The fourth-order valence-electron chi connectivity index (χ4n) is 2.57. The zero-order valence-electron chi connectivity index (χ0n) is 8.00. The Morgan fingerprint density at radius 3 is 2.64 bits per heavy atom. The van der Waals surface area contributed by atoms with Crippen LogP contribution in [-0.4, -0.2) is 29.1 Å². The van der Waals surface area contributed by atoms with Crippen molar-refractivity contribution in [3.8, 4) is 0 Å². The number of fused-ring (bicyclic) bond motifs is 2. The zero-order chi connectivity index (χ0) is 9.54. The van der Waals surface area contributed by atoms with Gasteiger partial charge in [-0.25, -0.2) is 4.98 Å². The Morgan fingerprint density at radius 1 is 1.29 bits per heavy atom. The third-order valence-corrected chi connectivity index (χ3v) is 3.48. The van der Waals surface area contributed by atoms with E-state index in [1.54, 1.807) is 12.4 Å². The van der Waals surface area contributed by atoms with E-state index in [2.05, 4.69) is 14.9 Å². The highest BCUT2D eigenvalue weighted by Gasteiger charge is 2.44. The van der Waals surface area contributed by atoms with E-state index in [9.17, 15) is 0 Å². The molecule has 3 fully saturated rings. The number of anilines is 1. The SMILES string of the molecule is NC1C2CC1CN(c1cnccn1)C2. The van der Waals surface area contributed by atoms with Gasteiger partial charge in [-0.2, -0.15) is 0 Å². The summed E-state index contributed by atoms with van der Waals surface area (Å²) in [7, 11) is 0. The summed E-state index contributed by atoms with van der Waals surface area (Å²) in [4.78, 5) is 10.7. The van der Waals surface area contributed by atoms with Crippen LogP contribution in [0.1, 0.15) is 6.42 Å². The van der Waals surface area contributed by atoms with E-state index in [4.69, 9.17) is 5.73 Å². The normalized spacial score (nSPS) is 35.2. The van der Waals surface area contributed by atoms with Crippen molar-refractivity contribution in [1.82, 2.24) is 9.97 Å². The van der Waals surface area contributed by atoms with Gasteiger partial charge in [0.25, 0.3) is 0 Å². The third kappa shape index (κ3) is 1.10. The second kappa shape index (κ2) is 2.92. The van der Waals surface area contributed by atoms with Gasteiger partial charge in [-0.3, -0.25) is 4.98 Å². The molecule has 14 heavy (non-hydrogen) atoms. The smallest absolute Gasteiger partial charge is 0.147 e. The van der Waals surface area contributed by atoms with Crippen molar-refractivity contribution in [2.24, 2.45) is 17.6 Å². The zero-order valence-corrected chi connectivity index (χ0v) is 8.00. The van der Waals surface area contributed by atoms with Crippen molar-refractivity contribution < 1.29 is 0 Å². The summed E-state index contributed by atoms with van der Waals surface area (Å²) in [5.74, 6) is 2.35. The molecule has 1 saturated carbocycles. The first kappa shape index (κ1) is 8.17. The largest absolute Gasteiger partial charge is 0.355 e. The Balaban J connectivity index is 1.77. The van der Waals surface area contributed by atoms with Crippen LogP contribution in [0.4, 0.5) is 5.82 Å². The molecular weight excluding hydrogens is 176 g/mol. The number of hydrogen-bond acceptors (Lipinski definition) is 4. The van der Waals surface area contributed by atoms with Crippen LogP contribution in [0.15, 0.2) is 18.6 Å². The number of nitrogens with two attached hydrogens (primary N) is 1. The van der Waals surface area contributed by atoms with Gasteiger partial charge in [0.1, 0.15) is 5.82 Å². The molecule has 0 radical (unpaired) electrons. The number of aromatic nitrogens is 2. The Hall–Kier alpha value is -1.16. The van der Waals surface area contributed by atoms with E-state index in [0.29, 0.717) is 17.9 Å². The van der Waals surface area contributed by atoms with Crippen molar-refractivity contribution >= 4 is 5.82 Å². The number of rotatable bonds is 1. The fraction of sp³-hybridized carbons (Fsp3) is 0.600. The van der Waals surface area contributed by atoms with E-state index in [1.807, 2.05) is 6.20 Å². The van der Waals surface area contributed by atoms with Crippen LogP contribution in [0.25, 0.3) is 0 Å². The van der Waals surface area contributed by atoms with E-state index in [1.165, 1.54) is 6.42 Å². The highest BCUT2D eigenvalue weighted by atomic mass is 15.2. The topological polar surface area (TPSA) is 55.0 Å². The van der Waals surface area contributed by atoms with E-state index in [-0.39, 0.29) is 0 Å². The molecule has 3 heterocycles. The molecule has 4 rings (SSSR count). The monoisotopic (exact) mass is 190 g/mol. The van der Waals surface area contributed by atoms with Gasteiger partial charge in [-0.1, -0.05) is 0 Å². The Kier molecular flexibility index (Phi) is 1.70. The lowest BCUT2D eigenvalue weighted by molar-refractivity contribution is 0.115. The van der Waals surface area contributed by atoms with Gasteiger partial charge < -0.3 is 10.6 Å². The van der Waals surface area contributed by atoms with Gasteiger partial charge in [0.2, 0.25) is 0 Å². The van der Waals surface area contributed by atoms with Crippen molar-refractivity contribution in [3.05, 3.63) is 18.6 Å². The van der Waals surface area contributed by atoms with Crippen LogP contribution in [-0.2, 0) is 0 Å².